The molecule has 6 heteroatoms. The summed E-state index contributed by atoms with van der Waals surface area (Å²) in [5.41, 5.74) is 2.39. The molecule has 1 aliphatic rings. The minimum Gasteiger partial charge on any atom is -0.292 e. The summed E-state index contributed by atoms with van der Waals surface area (Å²) in [5, 5.41) is 0.690. The number of benzene rings is 1. The topological polar surface area (TPSA) is 34.9 Å². The molecule has 1 aromatic carbocycles. The number of allylic oxidation sites excluding steroid dienone is 1. The Balaban J connectivity index is 1.90. The van der Waals surface area contributed by atoms with E-state index in [0.717, 1.165) is 33.0 Å². The Bertz CT molecular complexity index is 1080. The van der Waals surface area contributed by atoms with E-state index in [9.17, 15) is 13.6 Å². The number of rotatable bonds is 1. The Morgan fingerprint density at radius 1 is 1.25 bits per heavy atom. The molecule has 0 aliphatic carbocycles. The van der Waals surface area contributed by atoms with E-state index in [4.69, 9.17) is 0 Å². The van der Waals surface area contributed by atoms with Gasteiger partial charge in [0, 0.05) is 11.4 Å². The molecule has 0 radical (unpaired) electrons. The number of hydrogen-bond acceptors (Lipinski definition) is 3. The third-order valence-corrected chi connectivity index (χ3v) is 5.57. The van der Waals surface area contributed by atoms with E-state index in [1.54, 1.807) is 10.6 Å². The van der Waals surface area contributed by atoms with Crippen LogP contribution in [-0.4, -0.2) is 9.55 Å². The van der Waals surface area contributed by atoms with E-state index in [1.807, 2.05) is 13.8 Å². The van der Waals surface area contributed by atoms with Crippen molar-refractivity contribution in [1.29, 1.82) is 0 Å². The summed E-state index contributed by atoms with van der Waals surface area (Å²) in [6.07, 6.45) is 2.42. The van der Waals surface area contributed by atoms with Crippen LogP contribution in [0.4, 0.5) is 8.78 Å². The lowest BCUT2D eigenvalue weighted by Gasteiger charge is -2.03. The standard InChI is InChI=1S/C18H14F2N2OS/c1-9-10(2)24-17-15(9)18(23)22-6-5-12(16(22)21-17)7-11-3-4-13(19)14(20)8-11/h3-4,7-8H,5-6H2,1-2H3/b12-7+. The summed E-state index contributed by atoms with van der Waals surface area (Å²) in [6.45, 7) is 4.48. The van der Waals surface area contributed by atoms with E-state index in [1.165, 1.54) is 17.4 Å². The Hall–Kier alpha value is -2.34. The zero-order valence-corrected chi connectivity index (χ0v) is 14.0. The van der Waals surface area contributed by atoms with Gasteiger partial charge in [-0.15, -0.1) is 11.3 Å². The van der Waals surface area contributed by atoms with Crippen LogP contribution in [0.1, 0.15) is 28.2 Å². The van der Waals surface area contributed by atoms with E-state index in [-0.39, 0.29) is 5.56 Å². The highest BCUT2D eigenvalue weighted by molar-refractivity contribution is 7.18. The quantitative estimate of drug-likeness (QED) is 0.660. The predicted molar refractivity (Wildman–Crippen MR) is 92.2 cm³/mol. The molecule has 0 saturated carbocycles. The fourth-order valence-electron chi connectivity index (χ4n) is 3.06. The molecule has 0 unspecified atom stereocenters. The molecule has 24 heavy (non-hydrogen) atoms. The fourth-order valence-corrected chi connectivity index (χ4v) is 4.08. The molecule has 2 aromatic heterocycles. The van der Waals surface area contributed by atoms with Gasteiger partial charge in [0.1, 0.15) is 10.7 Å². The van der Waals surface area contributed by atoms with Crippen LogP contribution in [0.2, 0.25) is 0 Å². The number of fused-ring (bicyclic) bond motifs is 2. The van der Waals surface area contributed by atoms with E-state index in [0.29, 0.717) is 29.7 Å². The first-order valence-corrected chi connectivity index (χ1v) is 8.44. The molecule has 1 aliphatic heterocycles. The molecule has 3 nitrogen and oxygen atoms in total. The number of thiophene rings is 1. The van der Waals surface area contributed by atoms with Gasteiger partial charge in [0.15, 0.2) is 11.6 Å². The molecule has 3 aromatic rings. The zero-order valence-electron chi connectivity index (χ0n) is 13.2. The molecule has 0 amide bonds. The van der Waals surface area contributed by atoms with Crippen LogP contribution in [0.15, 0.2) is 23.0 Å². The maximum Gasteiger partial charge on any atom is 0.262 e. The summed E-state index contributed by atoms with van der Waals surface area (Å²) >= 11 is 1.51. The molecule has 0 saturated heterocycles. The van der Waals surface area contributed by atoms with E-state index in [2.05, 4.69) is 4.98 Å². The SMILES string of the molecule is Cc1sc2nc3n(c(=O)c2c1C)CC/C3=C\c1ccc(F)c(F)c1. The van der Waals surface area contributed by atoms with Crippen LogP contribution in [0, 0.1) is 25.5 Å². The highest BCUT2D eigenvalue weighted by Crippen LogP contribution is 2.32. The predicted octanol–water partition coefficient (Wildman–Crippen LogP) is 4.30. The second-order valence-corrected chi connectivity index (χ2v) is 7.15. The average molecular weight is 344 g/mol. The monoisotopic (exact) mass is 344 g/mol. The molecule has 0 spiro atoms. The van der Waals surface area contributed by atoms with Gasteiger partial charge in [-0.05, 0) is 55.2 Å². The van der Waals surface area contributed by atoms with Gasteiger partial charge >= 0.3 is 0 Å². The first kappa shape index (κ1) is 15.2. The van der Waals surface area contributed by atoms with Crippen molar-refractivity contribution < 1.29 is 8.78 Å². The summed E-state index contributed by atoms with van der Waals surface area (Å²) in [5.74, 6) is -1.13. The Morgan fingerprint density at radius 2 is 2.04 bits per heavy atom. The molecule has 4 rings (SSSR count). The van der Waals surface area contributed by atoms with Gasteiger partial charge in [0.2, 0.25) is 0 Å². The van der Waals surface area contributed by atoms with Crippen LogP contribution < -0.4 is 5.56 Å². The smallest absolute Gasteiger partial charge is 0.262 e. The number of halogens is 2. The van der Waals surface area contributed by atoms with Gasteiger partial charge < -0.3 is 0 Å². The molecule has 0 atom stereocenters. The Morgan fingerprint density at radius 3 is 2.79 bits per heavy atom. The van der Waals surface area contributed by atoms with E-state index < -0.39 is 11.6 Å². The van der Waals surface area contributed by atoms with Gasteiger partial charge in [-0.25, -0.2) is 13.8 Å². The van der Waals surface area contributed by atoms with Crippen LogP contribution in [0.5, 0.6) is 0 Å². The minimum atomic E-state index is -0.882. The summed E-state index contributed by atoms with van der Waals surface area (Å²) in [7, 11) is 0. The second-order valence-electron chi connectivity index (χ2n) is 5.95. The van der Waals surface area contributed by atoms with Crippen molar-refractivity contribution in [3.8, 4) is 0 Å². The highest BCUT2D eigenvalue weighted by Gasteiger charge is 2.23. The van der Waals surface area contributed by atoms with Crippen molar-refractivity contribution >= 4 is 33.2 Å². The molecule has 0 bridgehead atoms. The number of hydrogen-bond donors (Lipinski definition) is 0. The molecule has 122 valence electrons. The van der Waals surface area contributed by atoms with Crippen molar-refractivity contribution in [2.45, 2.75) is 26.8 Å². The summed E-state index contributed by atoms with van der Waals surface area (Å²) < 4.78 is 28.1. The van der Waals surface area contributed by atoms with Crippen molar-refractivity contribution in [1.82, 2.24) is 9.55 Å². The Kier molecular flexibility index (Phi) is 3.38. The summed E-state index contributed by atoms with van der Waals surface area (Å²) in [6, 6.07) is 3.78. The lowest BCUT2D eigenvalue weighted by Crippen LogP contribution is -2.20. The van der Waals surface area contributed by atoms with Gasteiger partial charge in [-0.3, -0.25) is 9.36 Å². The van der Waals surface area contributed by atoms with Crippen molar-refractivity contribution in [3.63, 3.8) is 0 Å². The largest absolute Gasteiger partial charge is 0.292 e. The number of nitrogens with zero attached hydrogens (tertiary/aromatic N) is 2. The molecule has 0 fully saturated rings. The van der Waals surface area contributed by atoms with Crippen LogP contribution in [0.3, 0.4) is 0 Å². The maximum atomic E-state index is 13.4. The van der Waals surface area contributed by atoms with Crippen LogP contribution in [0.25, 0.3) is 21.9 Å². The average Bonchev–Trinajstić information content (AvgIpc) is 3.06. The van der Waals surface area contributed by atoms with Crippen LogP contribution in [-0.2, 0) is 6.54 Å². The van der Waals surface area contributed by atoms with Crippen molar-refractivity contribution in [3.05, 3.63) is 62.0 Å². The number of aryl methyl sites for hydroxylation is 2. The third kappa shape index (κ3) is 2.21. The fraction of sp³-hybridized carbons (Fsp3) is 0.222. The molecule has 3 heterocycles. The molecular weight excluding hydrogens is 330 g/mol. The number of aromatic nitrogens is 2. The van der Waals surface area contributed by atoms with Gasteiger partial charge in [-0.2, -0.15) is 0 Å². The zero-order chi connectivity index (χ0) is 17.0. The second kappa shape index (κ2) is 5.34. The molecular formula is C18H14F2N2OS. The lowest BCUT2D eigenvalue weighted by atomic mass is 10.1. The highest BCUT2D eigenvalue weighted by atomic mass is 32.1. The molecule has 0 N–H and O–H groups in total. The third-order valence-electron chi connectivity index (χ3n) is 4.47. The Labute approximate surface area is 140 Å². The van der Waals surface area contributed by atoms with Crippen molar-refractivity contribution in [2.24, 2.45) is 0 Å². The lowest BCUT2D eigenvalue weighted by molar-refractivity contribution is 0.508. The maximum absolute atomic E-state index is 13.4. The minimum absolute atomic E-state index is 0.0227. The van der Waals surface area contributed by atoms with Gasteiger partial charge in [-0.1, -0.05) is 6.07 Å². The van der Waals surface area contributed by atoms with E-state index >= 15 is 0 Å². The van der Waals surface area contributed by atoms with Crippen molar-refractivity contribution in [2.75, 3.05) is 0 Å². The van der Waals surface area contributed by atoms with Crippen LogP contribution >= 0.6 is 11.3 Å². The first-order chi connectivity index (χ1) is 11.5. The summed E-state index contributed by atoms with van der Waals surface area (Å²) in [4.78, 5) is 19.2. The normalized spacial score (nSPS) is 15.4. The first-order valence-electron chi connectivity index (χ1n) is 7.62. The van der Waals surface area contributed by atoms with Gasteiger partial charge in [0.25, 0.3) is 5.56 Å². The van der Waals surface area contributed by atoms with Gasteiger partial charge in [0.05, 0.1) is 5.39 Å².